The SMILES string of the molecule is CC(C)[C@H](NC(=O)[C@@H]1CCCN1C(=O)[C@H](C)N)C(=O)Nc1ccc([N+](=O)[O-])cc1. The van der Waals surface area contributed by atoms with Crippen molar-refractivity contribution in [1.82, 2.24) is 10.2 Å². The Bertz CT molecular complexity index is 778. The Morgan fingerprint density at radius 1 is 1.21 bits per heavy atom. The third kappa shape index (κ3) is 5.50. The Morgan fingerprint density at radius 3 is 2.34 bits per heavy atom. The van der Waals surface area contributed by atoms with Gasteiger partial charge in [0.15, 0.2) is 0 Å². The predicted molar refractivity (Wildman–Crippen MR) is 107 cm³/mol. The second-order valence-electron chi connectivity index (χ2n) is 7.50. The summed E-state index contributed by atoms with van der Waals surface area (Å²) in [5.41, 5.74) is 5.96. The van der Waals surface area contributed by atoms with Crippen LogP contribution in [0.1, 0.15) is 33.6 Å². The van der Waals surface area contributed by atoms with Gasteiger partial charge in [-0.25, -0.2) is 0 Å². The fourth-order valence-electron chi connectivity index (χ4n) is 3.24. The quantitative estimate of drug-likeness (QED) is 0.455. The molecule has 0 aliphatic carbocycles. The number of nitrogens with one attached hydrogen (secondary N) is 2. The lowest BCUT2D eigenvalue weighted by atomic mass is 10.0. The largest absolute Gasteiger partial charge is 0.342 e. The van der Waals surface area contributed by atoms with E-state index in [2.05, 4.69) is 10.6 Å². The monoisotopic (exact) mass is 405 g/mol. The topological polar surface area (TPSA) is 148 Å². The summed E-state index contributed by atoms with van der Waals surface area (Å²) in [6.07, 6.45) is 1.21. The van der Waals surface area contributed by atoms with Gasteiger partial charge in [-0.1, -0.05) is 13.8 Å². The van der Waals surface area contributed by atoms with Gasteiger partial charge in [-0.05, 0) is 37.8 Å². The van der Waals surface area contributed by atoms with E-state index in [9.17, 15) is 24.5 Å². The van der Waals surface area contributed by atoms with Crippen LogP contribution in [-0.2, 0) is 14.4 Å². The van der Waals surface area contributed by atoms with Crippen LogP contribution in [0.3, 0.4) is 0 Å². The van der Waals surface area contributed by atoms with Crippen molar-refractivity contribution in [2.75, 3.05) is 11.9 Å². The van der Waals surface area contributed by atoms with E-state index in [1.54, 1.807) is 20.8 Å². The number of nitrogens with zero attached hydrogens (tertiary/aromatic N) is 2. The first-order valence-electron chi connectivity index (χ1n) is 9.53. The van der Waals surface area contributed by atoms with Crippen molar-refractivity contribution in [3.8, 4) is 0 Å². The van der Waals surface area contributed by atoms with Gasteiger partial charge < -0.3 is 21.3 Å². The maximum atomic E-state index is 12.8. The minimum atomic E-state index is -0.828. The van der Waals surface area contributed by atoms with Crippen molar-refractivity contribution < 1.29 is 19.3 Å². The van der Waals surface area contributed by atoms with Crippen molar-refractivity contribution in [2.45, 2.75) is 51.7 Å². The van der Waals surface area contributed by atoms with Gasteiger partial charge >= 0.3 is 0 Å². The number of carbonyl (C=O) groups is 3. The number of nitro benzene ring substituents is 1. The van der Waals surface area contributed by atoms with Gasteiger partial charge in [-0.2, -0.15) is 0 Å². The zero-order valence-electron chi connectivity index (χ0n) is 16.8. The number of non-ortho nitro benzene ring substituents is 1. The molecule has 29 heavy (non-hydrogen) atoms. The molecule has 3 amide bonds. The average molecular weight is 405 g/mol. The van der Waals surface area contributed by atoms with E-state index >= 15 is 0 Å². The number of nitrogens with two attached hydrogens (primary N) is 1. The molecule has 2 rings (SSSR count). The van der Waals surface area contributed by atoms with Crippen LogP contribution < -0.4 is 16.4 Å². The Hall–Kier alpha value is -3.01. The molecular formula is C19H27N5O5. The van der Waals surface area contributed by atoms with Crippen LogP contribution in [0.5, 0.6) is 0 Å². The number of carbonyl (C=O) groups excluding carboxylic acids is 3. The van der Waals surface area contributed by atoms with Crippen molar-refractivity contribution in [3.63, 3.8) is 0 Å². The van der Waals surface area contributed by atoms with Crippen molar-refractivity contribution in [1.29, 1.82) is 0 Å². The first kappa shape index (κ1) is 22.3. The van der Waals surface area contributed by atoms with Crippen molar-refractivity contribution in [3.05, 3.63) is 34.4 Å². The molecule has 0 radical (unpaired) electrons. The highest BCUT2D eigenvalue weighted by Gasteiger charge is 2.37. The Balaban J connectivity index is 2.06. The summed E-state index contributed by atoms with van der Waals surface area (Å²) in [5, 5.41) is 16.1. The van der Waals surface area contributed by atoms with Gasteiger partial charge in [0, 0.05) is 24.4 Å². The molecule has 0 saturated carbocycles. The summed E-state index contributed by atoms with van der Waals surface area (Å²) >= 11 is 0. The van der Waals surface area contributed by atoms with Crippen LogP contribution in [-0.4, -0.2) is 52.2 Å². The zero-order valence-corrected chi connectivity index (χ0v) is 16.8. The molecule has 1 saturated heterocycles. The molecule has 0 unspecified atom stereocenters. The van der Waals surface area contributed by atoms with Gasteiger partial charge in [0.2, 0.25) is 17.7 Å². The van der Waals surface area contributed by atoms with E-state index in [4.69, 9.17) is 5.73 Å². The number of hydrogen-bond donors (Lipinski definition) is 3. The van der Waals surface area contributed by atoms with Crippen molar-refractivity contribution in [2.24, 2.45) is 11.7 Å². The first-order valence-corrected chi connectivity index (χ1v) is 9.53. The summed E-state index contributed by atoms with van der Waals surface area (Å²) < 4.78 is 0. The normalized spacial score (nSPS) is 18.2. The van der Waals surface area contributed by atoms with Crippen molar-refractivity contribution >= 4 is 29.1 Å². The van der Waals surface area contributed by atoms with Gasteiger partial charge in [0.1, 0.15) is 12.1 Å². The standard InChI is InChI=1S/C19H27N5O5/c1-11(2)16(18(26)21-13-6-8-14(9-7-13)24(28)29)22-17(25)15-5-4-10-23(15)19(27)12(3)20/h6-9,11-12,15-16H,4-5,10,20H2,1-3H3,(H,21,26)(H,22,25)/t12-,15-,16-/m0/s1. The van der Waals surface area contributed by atoms with Gasteiger partial charge in [-0.3, -0.25) is 24.5 Å². The smallest absolute Gasteiger partial charge is 0.269 e. The fourth-order valence-corrected chi connectivity index (χ4v) is 3.24. The lowest BCUT2D eigenvalue weighted by Crippen LogP contribution is -2.55. The lowest BCUT2D eigenvalue weighted by molar-refractivity contribution is -0.384. The van der Waals surface area contributed by atoms with E-state index < -0.39 is 34.9 Å². The molecule has 1 aliphatic heterocycles. The number of nitro groups is 1. The fraction of sp³-hybridized carbons (Fsp3) is 0.526. The number of benzene rings is 1. The molecule has 4 N–H and O–H groups in total. The van der Waals surface area contributed by atoms with Crippen LogP contribution in [0.25, 0.3) is 0 Å². The molecule has 10 heteroatoms. The maximum Gasteiger partial charge on any atom is 0.269 e. The second-order valence-corrected chi connectivity index (χ2v) is 7.50. The third-order valence-corrected chi connectivity index (χ3v) is 4.82. The Labute approximate surface area is 169 Å². The molecule has 1 heterocycles. The van der Waals surface area contributed by atoms with Gasteiger partial charge in [-0.15, -0.1) is 0 Å². The van der Waals surface area contributed by atoms with Crippen LogP contribution in [0.15, 0.2) is 24.3 Å². The average Bonchev–Trinajstić information content (AvgIpc) is 3.15. The molecule has 1 aromatic rings. The Morgan fingerprint density at radius 2 is 1.83 bits per heavy atom. The lowest BCUT2D eigenvalue weighted by Gasteiger charge is -2.28. The van der Waals surface area contributed by atoms with Gasteiger partial charge in [0.05, 0.1) is 11.0 Å². The molecule has 0 aromatic heterocycles. The molecule has 0 spiro atoms. The summed E-state index contributed by atoms with van der Waals surface area (Å²) in [5.74, 6) is -1.34. The highest BCUT2D eigenvalue weighted by molar-refractivity contribution is 5.99. The number of hydrogen-bond acceptors (Lipinski definition) is 6. The van der Waals surface area contributed by atoms with E-state index in [1.165, 1.54) is 29.2 Å². The van der Waals surface area contributed by atoms with Crippen LogP contribution >= 0.6 is 0 Å². The minimum Gasteiger partial charge on any atom is -0.342 e. The predicted octanol–water partition coefficient (Wildman–Crippen LogP) is 1.01. The highest BCUT2D eigenvalue weighted by atomic mass is 16.6. The van der Waals surface area contributed by atoms with E-state index in [0.29, 0.717) is 25.1 Å². The molecule has 3 atom stereocenters. The van der Waals surface area contributed by atoms with E-state index in [1.807, 2.05) is 0 Å². The second kappa shape index (κ2) is 9.46. The molecule has 10 nitrogen and oxygen atoms in total. The van der Waals surface area contributed by atoms with Crippen LogP contribution in [0, 0.1) is 16.0 Å². The molecule has 158 valence electrons. The van der Waals surface area contributed by atoms with Crippen LogP contribution in [0.2, 0.25) is 0 Å². The van der Waals surface area contributed by atoms with Crippen LogP contribution in [0.4, 0.5) is 11.4 Å². The summed E-state index contributed by atoms with van der Waals surface area (Å²) in [6.45, 7) is 5.61. The molecule has 1 fully saturated rings. The van der Waals surface area contributed by atoms with E-state index in [-0.39, 0.29) is 17.5 Å². The minimum absolute atomic E-state index is 0.0863. The number of rotatable bonds is 7. The number of anilines is 1. The molecule has 0 bridgehead atoms. The van der Waals surface area contributed by atoms with Gasteiger partial charge in [0.25, 0.3) is 5.69 Å². The number of amides is 3. The first-order chi connectivity index (χ1) is 13.6. The molecule has 1 aliphatic rings. The molecular weight excluding hydrogens is 378 g/mol. The summed E-state index contributed by atoms with van der Waals surface area (Å²) in [4.78, 5) is 49.4. The van der Waals surface area contributed by atoms with E-state index in [0.717, 1.165) is 0 Å². The third-order valence-electron chi connectivity index (χ3n) is 4.82. The Kier molecular flexibility index (Phi) is 7.27. The summed E-state index contributed by atoms with van der Waals surface area (Å²) in [7, 11) is 0. The summed E-state index contributed by atoms with van der Waals surface area (Å²) in [6, 6.07) is 3.25. The maximum absolute atomic E-state index is 12.8. The number of likely N-dealkylation sites (tertiary alicyclic amines) is 1. The zero-order chi connectivity index (χ0) is 21.7. The highest BCUT2D eigenvalue weighted by Crippen LogP contribution is 2.20. The molecule has 1 aromatic carbocycles.